The van der Waals surface area contributed by atoms with Crippen molar-refractivity contribution in [1.82, 2.24) is 4.57 Å². The molecule has 0 fully saturated rings. The van der Waals surface area contributed by atoms with Gasteiger partial charge in [0.1, 0.15) is 12.4 Å². The maximum atomic E-state index is 11.5. The number of ether oxygens (including phenoxy) is 1. The highest BCUT2D eigenvalue weighted by atomic mass is 35.5. The predicted octanol–water partition coefficient (Wildman–Crippen LogP) is 2.16. The van der Waals surface area contributed by atoms with E-state index in [0.717, 1.165) is 0 Å². The normalized spacial score (nSPS) is 10.3. The summed E-state index contributed by atoms with van der Waals surface area (Å²) >= 11 is 5.82. The number of nitrogens with zero attached hydrogens (tertiary/aromatic N) is 1. The minimum Gasteiger partial charge on any atom is -0.492 e. The molecule has 0 amide bonds. The Morgan fingerprint density at radius 2 is 2.11 bits per heavy atom. The summed E-state index contributed by atoms with van der Waals surface area (Å²) in [6.45, 7) is 0.817. The molecule has 2 aromatic rings. The summed E-state index contributed by atoms with van der Waals surface area (Å²) in [5.41, 5.74) is 6.18. The van der Waals surface area contributed by atoms with E-state index in [1.807, 2.05) is 12.1 Å². The van der Waals surface area contributed by atoms with Crippen LogP contribution >= 0.6 is 11.6 Å². The third-order valence-corrected chi connectivity index (χ3v) is 2.63. The third kappa shape index (κ3) is 3.28. The number of anilines is 1. The molecule has 0 aliphatic carbocycles. The molecule has 0 unspecified atom stereocenters. The highest BCUT2D eigenvalue weighted by Crippen LogP contribution is 2.14. The maximum Gasteiger partial charge on any atom is 0.250 e. The summed E-state index contributed by atoms with van der Waals surface area (Å²) in [5.74, 6) is 0.685. The highest BCUT2D eigenvalue weighted by molar-refractivity contribution is 6.30. The molecule has 2 N–H and O–H groups in total. The Kier molecular flexibility index (Phi) is 3.89. The molecule has 1 aromatic carbocycles. The first-order chi connectivity index (χ1) is 8.65. The number of benzene rings is 1. The third-order valence-electron chi connectivity index (χ3n) is 2.41. The zero-order chi connectivity index (χ0) is 13.0. The van der Waals surface area contributed by atoms with Crippen LogP contribution in [0.2, 0.25) is 5.02 Å². The van der Waals surface area contributed by atoms with Gasteiger partial charge < -0.3 is 15.0 Å². The Bertz CT molecular complexity index is 596. The van der Waals surface area contributed by atoms with Gasteiger partial charge in [-0.15, -0.1) is 0 Å². The van der Waals surface area contributed by atoms with Crippen molar-refractivity contribution < 1.29 is 4.74 Å². The zero-order valence-electron chi connectivity index (χ0n) is 9.67. The number of hydrogen-bond donors (Lipinski definition) is 1. The summed E-state index contributed by atoms with van der Waals surface area (Å²) in [6.07, 6.45) is 1.59. The zero-order valence-corrected chi connectivity index (χ0v) is 10.4. The molecule has 1 aromatic heterocycles. The van der Waals surface area contributed by atoms with Crippen LogP contribution in [-0.4, -0.2) is 11.2 Å². The Morgan fingerprint density at radius 3 is 2.89 bits per heavy atom. The first-order valence-electron chi connectivity index (χ1n) is 5.49. The van der Waals surface area contributed by atoms with Crippen LogP contribution in [0.1, 0.15) is 0 Å². The highest BCUT2D eigenvalue weighted by Gasteiger charge is 1.98. The predicted molar refractivity (Wildman–Crippen MR) is 72.1 cm³/mol. The van der Waals surface area contributed by atoms with Crippen molar-refractivity contribution in [2.24, 2.45) is 0 Å². The minimum absolute atomic E-state index is 0.101. The molecular weight excluding hydrogens is 252 g/mol. The van der Waals surface area contributed by atoms with Crippen LogP contribution in [0.4, 0.5) is 5.69 Å². The van der Waals surface area contributed by atoms with Crippen LogP contribution in [0, 0.1) is 0 Å². The lowest BCUT2D eigenvalue weighted by molar-refractivity contribution is 0.296. The van der Waals surface area contributed by atoms with Crippen LogP contribution in [-0.2, 0) is 6.54 Å². The Balaban J connectivity index is 1.96. The summed E-state index contributed by atoms with van der Waals surface area (Å²) in [6, 6.07) is 10.2. The number of aromatic nitrogens is 1. The SMILES string of the molecule is Nc1cccc(OCCn2cc(Cl)ccc2=O)c1. The van der Waals surface area contributed by atoms with Gasteiger partial charge in [-0.1, -0.05) is 17.7 Å². The van der Waals surface area contributed by atoms with Gasteiger partial charge in [-0.3, -0.25) is 4.79 Å². The number of pyridine rings is 1. The van der Waals surface area contributed by atoms with Crippen molar-refractivity contribution in [2.45, 2.75) is 6.54 Å². The Labute approximate surface area is 110 Å². The summed E-state index contributed by atoms with van der Waals surface area (Å²) in [7, 11) is 0. The molecular formula is C13H13ClN2O2. The summed E-state index contributed by atoms with van der Waals surface area (Å²) < 4.78 is 7.01. The van der Waals surface area contributed by atoms with E-state index in [1.54, 1.807) is 24.4 Å². The molecule has 0 radical (unpaired) electrons. The number of halogens is 1. The number of rotatable bonds is 4. The van der Waals surface area contributed by atoms with Gasteiger partial charge in [-0.05, 0) is 18.2 Å². The molecule has 0 spiro atoms. The quantitative estimate of drug-likeness (QED) is 0.861. The van der Waals surface area contributed by atoms with Crippen LogP contribution in [0.25, 0.3) is 0 Å². The van der Waals surface area contributed by atoms with Crippen LogP contribution < -0.4 is 16.0 Å². The molecule has 5 heteroatoms. The van der Waals surface area contributed by atoms with Crippen LogP contribution in [0.3, 0.4) is 0 Å². The van der Waals surface area contributed by atoms with Crippen molar-refractivity contribution in [3.63, 3.8) is 0 Å². The lowest BCUT2D eigenvalue weighted by atomic mass is 10.3. The van der Waals surface area contributed by atoms with E-state index in [4.69, 9.17) is 22.1 Å². The average Bonchev–Trinajstić information content (AvgIpc) is 2.34. The first-order valence-corrected chi connectivity index (χ1v) is 5.87. The fourth-order valence-corrected chi connectivity index (χ4v) is 1.72. The topological polar surface area (TPSA) is 57.2 Å². The first kappa shape index (κ1) is 12.5. The van der Waals surface area contributed by atoms with Gasteiger partial charge in [0.15, 0.2) is 0 Å². The van der Waals surface area contributed by atoms with Crippen molar-refractivity contribution in [3.05, 3.63) is 58.0 Å². The molecule has 0 aliphatic heterocycles. The minimum atomic E-state index is -0.101. The van der Waals surface area contributed by atoms with E-state index in [9.17, 15) is 4.79 Å². The number of nitrogen functional groups attached to an aromatic ring is 1. The molecule has 0 aliphatic rings. The molecule has 0 atom stereocenters. The van der Waals surface area contributed by atoms with Gasteiger partial charge >= 0.3 is 0 Å². The van der Waals surface area contributed by atoms with Crippen molar-refractivity contribution in [1.29, 1.82) is 0 Å². The average molecular weight is 265 g/mol. The van der Waals surface area contributed by atoms with E-state index in [0.29, 0.717) is 29.6 Å². The summed E-state index contributed by atoms with van der Waals surface area (Å²) in [4.78, 5) is 11.5. The Morgan fingerprint density at radius 1 is 1.28 bits per heavy atom. The second-order valence-corrected chi connectivity index (χ2v) is 4.24. The van der Waals surface area contributed by atoms with Gasteiger partial charge in [0.05, 0.1) is 11.6 Å². The number of nitrogens with two attached hydrogens (primary N) is 1. The maximum absolute atomic E-state index is 11.5. The smallest absolute Gasteiger partial charge is 0.250 e. The van der Waals surface area contributed by atoms with Crippen molar-refractivity contribution in [3.8, 4) is 5.75 Å². The van der Waals surface area contributed by atoms with E-state index in [2.05, 4.69) is 0 Å². The van der Waals surface area contributed by atoms with Gasteiger partial charge in [-0.2, -0.15) is 0 Å². The second-order valence-electron chi connectivity index (χ2n) is 3.80. The van der Waals surface area contributed by atoms with Gasteiger partial charge in [0.25, 0.3) is 5.56 Å². The van der Waals surface area contributed by atoms with Gasteiger partial charge in [0.2, 0.25) is 0 Å². The standard InChI is InChI=1S/C13H13ClN2O2/c14-10-4-5-13(17)16(9-10)6-7-18-12-3-1-2-11(15)8-12/h1-5,8-9H,6-7,15H2. The van der Waals surface area contributed by atoms with Gasteiger partial charge in [0, 0.05) is 24.0 Å². The number of hydrogen-bond acceptors (Lipinski definition) is 3. The monoisotopic (exact) mass is 264 g/mol. The molecule has 1 heterocycles. The largest absolute Gasteiger partial charge is 0.492 e. The molecule has 0 saturated heterocycles. The van der Waals surface area contributed by atoms with Crippen LogP contribution in [0.15, 0.2) is 47.4 Å². The van der Waals surface area contributed by atoms with Crippen molar-refractivity contribution in [2.75, 3.05) is 12.3 Å². The molecule has 2 rings (SSSR count). The molecule has 0 saturated carbocycles. The van der Waals surface area contributed by atoms with E-state index in [-0.39, 0.29) is 5.56 Å². The van der Waals surface area contributed by atoms with E-state index in [1.165, 1.54) is 10.6 Å². The summed E-state index contributed by atoms with van der Waals surface area (Å²) in [5, 5.41) is 0.526. The molecule has 94 valence electrons. The molecule has 0 bridgehead atoms. The fraction of sp³-hybridized carbons (Fsp3) is 0.154. The lowest BCUT2D eigenvalue weighted by Crippen LogP contribution is -2.21. The van der Waals surface area contributed by atoms with Crippen LogP contribution in [0.5, 0.6) is 5.75 Å². The fourth-order valence-electron chi connectivity index (χ4n) is 1.54. The molecule has 4 nitrogen and oxygen atoms in total. The Hall–Kier alpha value is -1.94. The lowest BCUT2D eigenvalue weighted by Gasteiger charge is -2.08. The van der Waals surface area contributed by atoms with Crippen molar-refractivity contribution >= 4 is 17.3 Å². The van der Waals surface area contributed by atoms with E-state index >= 15 is 0 Å². The van der Waals surface area contributed by atoms with E-state index < -0.39 is 0 Å². The van der Waals surface area contributed by atoms with Gasteiger partial charge in [-0.25, -0.2) is 0 Å². The molecule has 18 heavy (non-hydrogen) atoms. The second kappa shape index (κ2) is 5.60.